The highest BCUT2D eigenvalue weighted by Gasteiger charge is 2.21. The zero-order valence-corrected chi connectivity index (χ0v) is 9.76. The van der Waals surface area contributed by atoms with Gasteiger partial charge in [0.25, 0.3) is 0 Å². The third-order valence-corrected chi connectivity index (χ3v) is 2.78. The van der Waals surface area contributed by atoms with E-state index >= 15 is 0 Å². The smallest absolute Gasteiger partial charge is 0.153 e. The quantitative estimate of drug-likeness (QED) is 0.288. The highest BCUT2D eigenvalue weighted by atomic mass is 16.5. The summed E-state index contributed by atoms with van der Waals surface area (Å²) in [5.41, 5.74) is 5.54. The predicted octanol–water partition coefficient (Wildman–Crippen LogP) is -0.140. The van der Waals surface area contributed by atoms with E-state index in [1.807, 2.05) is 0 Å². The summed E-state index contributed by atoms with van der Waals surface area (Å²) in [6.07, 6.45) is 1.98. The Bertz CT molecular complexity index is 217. The molecule has 6 heteroatoms. The summed E-state index contributed by atoms with van der Waals surface area (Å²) in [4.78, 5) is 2.18. The number of amidine groups is 1. The van der Waals surface area contributed by atoms with Gasteiger partial charge in [0, 0.05) is 32.9 Å². The maximum atomic E-state index is 8.59. The molecule has 0 bridgehead atoms. The minimum atomic E-state index is 0.239. The van der Waals surface area contributed by atoms with E-state index in [0.717, 1.165) is 32.6 Å². The summed E-state index contributed by atoms with van der Waals surface area (Å²) < 4.78 is 10.4. The molecule has 1 fully saturated rings. The SMILES string of the molecule is COCCN(C/C(N)=N/O)C1CCOCC1. The molecule has 0 radical (unpaired) electrons. The van der Waals surface area contributed by atoms with E-state index in [-0.39, 0.29) is 5.84 Å². The number of hydrogen-bond donors (Lipinski definition) is 2. The van der Waals surface area contributed by atoms with Gasteiger partial charge < -0.3 is 20.4 Å². The Morgan fingerprint density at radius 1 is 1.56 bits per heavy atom. The molecule has 6 nitrogen and oxygen atoms in total. The van der Waals surface area contributed by atoms with Crippen molar-refractivity contribution in [3.8, 4) is 0 Å². The molecule has 0 unspecified atom stereocenters. The van der Waals surface area contributed by atoms with E-state index in [9.17, 15) is 0 Å². The maximum absolute atomic E-state index is 8.59. The third-order valence-electron chi connectivity index (χ3n) is 2.78. The summed E-state index contributed by atoms with van der Waals surface area (Å²) in [5.74, 6) is 0.239. The van der Waals surface area contributed by atoms with Crippen LogP contribution in [0.4, 0.5) is 0 Å². The molecule has 3 N–H and O–H groups in total. The van der Waals surface area contributed by atoms with Crippen LogP contribution in [-0.4, -0.2) is 62.0 Å². The Morgan fingerprint density at radius 3 is 2.81 bits per heavy atom. The fourth-order valence-corrected chi connectivity index (χ4v) is 1.89. The van der Waals surface area contributed by atoms with Crippen LogP contribution in [0, 0.1) is 0 Å². The molecule has 0 spiro atoms. The van der Waals surface area contributed by atoms with Gasteiger partial charge in [0.15, 0.2) is 5.84 Å². The molecule has 1 heterocycles. The van der Waals surface area contributed by atoms with Crippen LogP contribution in [0.2, 0.25) is 0 Å². The van der Waals surface area contributed by atoms with Crippen LogP contribution in [0.15, 0.2) is 5.16 Å². The lowest BCUT2D eigenvalue weighted by atomic mass is 10.1. The lowest BCUT2D eigenvalue weighted by molar-refractivity contribution is 0.0304. The second kappa shape index (κ2) is 7.43. The monoisotopic (exact) mass is 231 g/mol. The molecule has 0 amide bonds. The Morgan fingerprint density at radius 2 is 2.25 bits per heavy atom. The maximum Gasteiger partial charge on any atom is 0.153 e. The van der Waals surface area contributed by atoms with Crippen molar-refractivity contribution in [2.24, 2.45) is 10.9 Å². The van der Waals surface area contributed by atoms with E-state index in [0.29, 0.717) is 19.2 Å². The Hall–Kier alpha value is -0.850. The number of hydrogen-bond acceptors (Lipinski definition) is 5. The van der Waals surface area contributed by atoms with E-state index in [2.05, 4.69) is 10.1 Å². The van der Waals surface area contributed by atoms with Crippen molar-refractivity contribution in [2.75, 3.05) is 40.0 Å². The lowest BCUT2D eigenvalue weighted by Crippen LogP contribution is -2.45. The minimum Gasteiger partial charge on any atom is -0.409 e. The summed E-state index contributed by atoms with van der Waals surface area (Å²) in [7, 11) is 1.67. The molecule has 0 saturated carbocycles. The topological polar surface area (TPSA) is 80.3 Å². The summed E-state index contributed by atoms with van der Waals surface area (Å²) in [6, 6.07) is 0.434. The standard InChI is InChI=1S/C10H21N3O3/c1-15-7-4-13(8-10(11)12-14)9-2-5-16-6-3-9/h9,14H,2-8H2,1H3,(H2,11,12). The van der Waals surface area contributed by atoms with Crippen LogP contribution in [0.3, 0.4) is 0 Å². The molecule has 1 aliphatic heterocycles. The number of methoxy groups -OCH3 is 1. The van der Waals surface area contributed by atoms with Crippen LogP contribution >= 0.6 is 0 Å². The van der Waals surface area contributed by atoms with Gasteiger partial charge in [-0.3, -0.25) is 4.90 Å². The first-order chi connectivity index (χ1) is 7.77. The van der Waals surface area contributed by atoms with Crippen molar-refractivity contribution < 1.29 is 14.7 Å². The number of nitrogens with two attached hydrogens (primary N) is 1. The van der Waals surface area contributed by atoms with Crippen molar-refractivity contribution in [1.29, 1.82) is 0 Å². The van der Waals surface area contributed by atoms with Gasteiger partial charge in [-0.1, -0.05) is 5.16 Å². The molecule has 1 aliphatic rings. The second-order valence-corrected chi connectivity index (χ2v) is 3.90. The van der Waals surface area contributed by atoms with Crippen LogP contribution in [0.1, 0.15) is 12.8 Å². The van der Waals surface area contributed by atoms with Crippen LogP contribution < -0.4 is 5.73 Å². The molecule has 0 atom stereocenters. The number of oxime groups is 1. The van der Waals surface area contributed by atoms with Gasteiger partial charge in [-0.15, -0.1) is 0 Å². The van der Waals surface area contributed by atoms with Gasteiger partial charge in [0.05, 0.1) is 13.2 Å². The molecule has 0 aromatic carbocycles. The van der Waals surface area contributed by atoms with E-state index in [1.165, 1.54) is 0 Å². The van der Waals surface area contributed by atoms with E-state index in [1.54, 1.807) is 7.11 Å². The van der Waals surface area contributed by atoms with E-state index in [4.69, 9.17) is 20.4 Å². The van der Waals surface area contributed by atoms with Crippen molar-refractivity contribution in [1.82, 2.24) is 4.90 Å². The third kappa shape index (κ3) is 4.34. The van der Waals surface area contributed by atoms with E-state index < -0.39 is 0 Å². The molecule has 16 heavy (non-hydrogen) atoms. The number of nitrogens with zero attached hydrogens (tertiary/aromatic N) is 2. The summed E-state index contributed by atoms with van der Waals surface area (Å²) in [6.45, 7) is 3.48. The minimum absolute atomic E-state index is 0.239. The zero-order valence-electron chi connectivity index (χ0n) is 9.76. The fourth-order valence-electron chi connectivity index (χ4n) is 1.89. The first-order valence-corrected chi connectivity index (χ1v) is 5.55. The highest BCUT2D eigenvalue weighted by molar-refractivity contribution is 5.81. The average molecular weight is 231 g/mol. The van der Waals surface area contributed by atoms with Crippen molar-refractivity contribution in [2.45, 2.75) is 18.9 Å². The molecule has 1 saturated heterocycles. The Labute approximate surface area is 96.0 Å². The highest BCUT2D eigenvalue weighted by Crippen LogP contribution is 2.13. The summed E-state index contributed by atoms with van der Waals surface area (Å²) in [5, 5.41) is 11.6. The van der Waals surface area contributed by atoms with Gasteiger partial charge >= 0.3 is 0 Å². The van der Waals surface area contributed by atoms with Crippen molar-refractivity contribution in [3.63, 3.8) is 0 Å². The predicted molar refractivity (Wildman–Crippen MR) is 60.7 cm³/mol. The van der Waals surface area contributed by atoms with Crippen molar-refractivity contribution >= 4 is 5.84 Å². The van der Waals surface area contributed by atoms with Gasteiger partial charge in [0.1, 0.15) is 0 Å². The van der Waals surface area contributed by atoms with Gasteiger partial charge in [-0.05, 0) is 12.8 Å². The van der Waals surface area contributed by atoms with Crippen LogP contribution in [0.25, 0.3) is 0 Å². The first kappa shape index (κ1) is 13.2. The first-order valence-electron chi connectivity index (χ1n) is 5.55. The van der Waals surface area contributed by atoms with Crippen LogP contribution in [0.5, 0.6) is 0 Å². The Kier molecular flexibility index (Phi) is 6.14. The molecule has 94 valence electrons. The van der Waals surface area contributed by atoms with Crippen molar-refractivity contribution in [3.05, 3.63) is 0 Å². The fraction of sp³-hybridized carbons (Fsp3) is 0.900. The summed E-state index contributed by atoms with van der Waals surface area (Å²) >= 11 is 0. The molecule has 1 rings (SSSR count). The number of rotatable bonds is 6. The molecule has 0 aromatic rings. The largest absolute Gasteiger partial charge is 0.409 e. The molecular formula is C10H21N3O3. The lowest BCUT2D eigenvalue weighted by Gasteiger charge is -2.33. The van der Waals surface area contributed by atoms with Gasteiger partial charge in [-0.2, -0.15) is 0 Å². The normalized spacial score (nSPS) is 19.2. The molecular weight excluding hydrogens is 210 g/mol. The second-order valence-electron chi connectivity index (χ2n) is 3.90. The van der Waals surface area contributed by atoms with Gasteiger partial charge in [0.2, 0.25) is 0 Å². The molecule has 0 aromatic heterocycles. The zero-order chi connectivity index (χ0) is 11.8. The van der Waals surface area contributed by atoms with Gasteiger partial charge in [-0.25, -0.2) is 0 Å². The molecule has 0 aliphatic carbocycles. The number of ether oxygens (including phenoxy) is 2. The average Bonchev–Trinajstić information content (AvgIpc) is 2.35. The Balaban J connectivity index is 2.47. The van der Waals surface area contributed by atoms with Crippen LogP contribution in [-0.2, 0) is 9.47 Å².